The fraction of sp³-hybridized carbons (Fsp3) is 0.435. The van der Waals surface area contributed by atoms with Crippen molar-refractivity contribution in [3.8, 4) is 5.75 Å². The van der Waals surface area contributed by atoms with Gasteiger partial charge in [0.1, 0.15) is 18.2 Å². The second kappa shape index (κ2) is 9.69. The van der Waals surface area contributed by atoms with Crippen LogP contribution in [0.5, 0.6) is 5.75 Å². The zero-order valence-corrected chi connectivity index (χ0v) is 16.6. The molecule has 0 fully saturated rings. The summed E-state index contributed by atoms with van der Waals surface area (Å²) in [5, 5.41) is 0. The summed E-state index contributed by atoms with van der Waals surface area (Å²) in [6.07, 6.45) is 1.71. The highest BCUT2D eigenvalue weighted by molar-refractivity contribution is 5.79. The smallest absolute Gasteiger partial charge is 0.226 e. The van der Waals surface area contributed by atoms with E-state index < -0.39 is 0 Å². The van der Waals surface area contributed by atoms with E-state index in [0.29, 0.717) is 32.9 Å². The van der Waals surface area contributed by atoms with Crippen LogP contribution in [0.15, 0.2) is 42.5 Å². The van der Waals surface area contributed by atoms with Gasteiger partial charge in [-0.25, -0.2) is 4.39 Å². The van der Waals surface area contributed by atoms with E-state index in [1.807, 2.05) is 29.2 Å². The maximum Gasteiger partial charge on any atom is 0.226 e. The van der Waals surface area contributed by atoms with Crippen LogP contribution in [-0.2, 0) is 29.3 Å². The Morgan fingerprint density at radius 3 is 2.61 bits per heavy atom. The predicted octanol–water partition coefficient (Wildman–Crippen LogP) is 4.70. The molecule has 2 aromatic carbocycles. The van der Waals surface area contributed by atoms with E-state index in [1.165, 1.54) is 12.1 Å². The monoisotopic (exact) mass is 385 g/mol. The number of amides is 1. The molecule has 0 saturated heterocycles. The van der Waals surface area contributed by atoms with E-state index >= 15 is 0 Å². The van der Waals surface area contributed by atoms with Crippen molar-refractivity contribution in [1.29, 1.82) is 0 Å². The van der Waals surface area contributed by atoms with Crippen LogP contribution in [0.25, 0.3) is 0 Å². The van der Waals surface area contributed by atoms with E-state index in [2.05, 4.69) is 13.8 Å². The van der Waals surface area contributed by atoms with Crippen molar-refractivity contribution in [2.45, 2.75) is 46.4 Å². The van der Waals surface area contributed by atoms with Gasteiger partial charge in [-0.05, 0) is 48.2 Å². The average Bonchev–Trinajstić information content (AvgIpc) is 2.91. The maximum atomic E-state index is 13.3. The van der Waals surface area contributed by atoms with Crippen LogP contribution in [0.1, 0.15) is 43.4 Å². The Balaban J connectivity index is 1.65. The van der Waals surface area contributed by atoms with Crippen molar-refractivity contribution in [1.82, 2.24) is 4.90 Å². The van der Waals surface area contributed by atoms with Crippen LogP contribution in [0.4, 0.5) is 4.39 Å². The molecule has 0 atom stereocenters. The number of rotatable bonds is 7. The fourth-order valence-corrected chi connectivity index (χ4v) is 3.54. The van der Waals surface area contributed by atoms with Gasteiger partial charge in [0.2, 0.25) is 5.91 Å². The lowest BCUT2D eigenvalue weighted by Crippen LogP contribution is -2.36. The number of benzene rings is 2. The van der Waals surface area contributed by atoms with E-state index in [-0.39, 0.29) is 17.6 Å². The van der Waals surface area contributed by atoms with Gasteiger partial charge >= 0.3 is 0 Å². The van der Waals surface area contributed by atoms with Crippen LogP contribution in [0, 0.1) is 11.7 Å². The molecule has 0 aliphatic carbocycles. The van der Waals surface area contributed by atoms with Gasteiger partial charge in [-0.2, -0.15) is 0 Å². The lowest BCUT2D eigenvalue weighted by atomic mass is 10.0. The first kappa shape index (κ1) is 20.3. The Kier molecular flexibility index (Phi) is 7.04. The molecule has 4 nitrogen and oxygen atoms in total. The number of hydrogen-bond donors (Lipinski definition) is 0. The lowest BCUT2D eigenvalue weighted by molar-refractivity contribution is -0.136. The average molecular weight is 385 g/mol. The molecule has 2 aromatic rings. The van der Waals surface area contributed by atoms with Gasteiger partial charge in [-0.3, -0.25) is 4.79 Å². The Bertz CT molecular complexity index is 804. The molecular weight excluding hydrogens is 357 g/mol. The minimum Gasteiger partial charge on any atom is -0.491 e. The molecule has 0 radical (unpaired) electrons. The zero-order chi connectivity index (χ0) is 19.9. The Morgan fingerprint density at radius 1 is 1.14 bits per heavy atom. The van der Waals surface area contributed by atoms with E-state index in [0.717, 1.165) is 35.3 Å². The van der Waals surface area contributed by atoms with Crippen LogP contribution in [0.3, 0.4) is 0 Å². The highest BCUT2D eigenvalue weighted by Crippen LogP contribution is 2.26. The number of fused-ring (bicyclic) bond motifs is 1. The summed E-state index contributed by atoms with van der Waals surface area (Å²) in [6, 6.07) is 12.4. The van der Waals surface area contributed by atoms with E-state index in [4.69, 9.17) is 9.47 Å². The van der Waals surface area contributed by atoms with Gasteiger partial charge in [0, 0.05) is 18.0 Å². The molecule has 150 valence electrons. The topological polar surface area (TPSA) is 38.8 Å². The van der Waals surface area contributed by atoms with Gasteiger partial charge in [-0.1, -0.05) is 32.0 Å². The number of halogens is 1. The summed E-state index contributed by atoms with van der Waals surface area (Å²) in [5.41, 5.74) is 2.82. The molecule has 1 aliphatic rings. The predicted molar refractivity (Wildman–Crippen MR) is 106 cm³/mol. The van der Waals surface area contributed by atoms with Gasteiger partial charge in [-0.15, -0.1) is 0 Å². The summed E-state index contributed by atoms with van der Waals surface area (Å²) >= 11 is 0. The van der Waals surface area contributed by atoms with Crippen LogP contribution in [0.2, 0.25) is 0 Å². The molecule has 1 aliphatic heterocycles. The fourth-order valence-electron chi connectivity index (χ4n) is 3.54. The molecule has 0 N–H and O–H groups in total. The summed E-state index contributed by atoms with van der Waals surface area (Å²) in [4.78, 5) is 14.7. The van der Waals surface area contributed by atoms with Crippen molar-refractivity contribution in [3.63, 3.8) is 0 Å². The molecule has 5 heteroatoms. The van der Waals surface area contributed by atoms with Crippen molar-refractivity contribution in [2.24, 2.45) is 5.92 Å². The number of carbonyl (C=O) groups is 1. The second-order valence-corrected chi connectivity index (χ2v) is 7.19. The van der Waals surface area contributed by atoms with Gasteiger partial charge in [0.05, 0.1) is 19.8 Å². The van der Waals surface area contributed by atoms with Crippen molar-refractivity contribution < 1.29 is 18.7 Å². The Morgan fingerprint density at radius 2 is 1.89 bits per heavy atom. The van der Waals surface area contributed by atoms with Crippen molar-refractivity contribution in [2.75, 3.05) is 13.2 Å². The summed E-state index contributed by atoms with van der Waals surface area (Å²) in [7, 11) is 0. The molecular formula is C23H28FNO3. The minimum absolute atomic E-state index is 0.0688. The van der Waals surface area contributed by atoms with Gasteiger partial charge < -0.3 is 14.4 Å². The highest BCUT2D eigenvalue weighted by atomic mass is 19.1. The SMILES string of the molecule is CCC(CC)C(=O)N1CCOc2ccc(COCc3cccc(F)c3)cc2C1. The standard InChI is InChI=1S/C23H28FNO3/c1-3-19(4-2)23(26)25-10-11-28-22-9-8-18(12-20(22)14-25)16-27-15-17-6-5-7-21(24)13-17/h5-9,12-13,19H,3-4,10-11,14-16H2,1-2H3. The normalized spacial score (nSPS) is 13.8. The third kappa shape index (κ3) is 5.10. The van der Waals surface area contributed by atoms with Gasteiger partial charge in [0.15, 0.2) is 0 Å². The maximum absolute atomic E-state index is 13.3. The lowest BCUT2D eigenvalue weighted by Gasteiger charge is -2.24. The van der Waals surface area contributed by atoms with Crippen molar-refractivity contribution >= 4 is 5.91 Å². The third-order valence-corrected chi connectivity index (χ3v) is 5.18. The largest absolute Gasteiger partial charge is 0.491 e. The molecule has 0 unspecified atom stereocenters. The molecule has 0 saturated carbocycles. The number of nitrogens with zero attached hydrogens (tertiary/aromatic N) is 1. The van der Waals surface area contributed by atoms with Crippen LogP contribution in [-0.4, -0.2) is 24.0 Å². The molecule has 1 heterocycles. The zero-order valence-electron chi connectivity index (χ0n) is 16.6. The number of carbonyl (C=O) groups excluding carboxylic acids is 1. The third-order valence-electron chi connectivity index (χ3n) is 5.18. The number of hydrogen-bond acceptors (Lipinski definition) is 3. The molecule has 3 rings (SSSR count). The highest BCUT2D eigenvalue weighted by Gasteiger charge is 2.24. The summed E-state index contributed by atoms with van der Waals surface area (Å²) < 4.78 is 24.8. The summed E-state index contributed by atoms with van der Waals surface area (Å²) in [5.74, 6) is 0.841. The second-order valence-electron chi connectivity index (χ2n) is 7.19. The first-order valence-corrected chi connectivity index (χ1v) is 9.96. The first-order valence-electron chi connectivity index (χ1n) is 9.96. The molecule has 1 amide bonds. The first-order chi connectivity index (χ1) is 13.6. The van der Waals surface area contributed by atoms with E-state index in [9.17, 15) is 9.18 Å². The van der Waals surface area contributed by atoms with Crippen LogP contribution >= 0.6 is 0 Å². The van der Waals surface area contributed by atoms with Gasteiger partial charge in [0.25, 0.3) is 0 Å². The quantitative estimate of drug-likeness (QED) is 0.693. The Hall–Kier alpha value is -2.40. The van der Waals surface area contributed by atoms with Crippen LogP contribution < -0.4 is 4.74 Å². The molecule has 0 bridgehead atoms. The molecule has 0 aromatic heterocycles. The Labute approximate surface area is 166 Å². The summed E-state index contributed by atoms with van der Waals surface area (Å²) in [6.45, 7) is 6.56. The molecule has 28 heavy (non-hydrogen) atoms. The van der Waals surface area contributed by atoms with Crippen molar-refractivity contribution in [3.05, 3.63) is 65.0 Å². The molecule has 0 spiro atoms. The minimum atomic E-state index is -0.259. The van der Waals surface area contributed by atoms with E-state index in [1.54, 1.807) is 6.07 Å². The number of ether oxygens (including phenoxy) is 2.